The molecule has 0 amide bonds. The van der Waals surface area contributed by atoms with E-state index in [0.29, 0.717) is 12.3 Å². The molecule has 2 unspecified atom stereocenters. The third-order valence-corrected chi connectivity index (χ3v) is 3.64. The Morgan fingerprint density at radius 2 is 2.10 bits per heavy atom. The summed E-state index contributed by atoms with van der Waals surface area (Å²) in [5, 5.41) is 3.22. The van der Waals surface area contributed by atoms with Gasteiger partial charge in [0.05, 0.1) is 11.7 Å². The molecule has 112 valence electrons. The molecule has 0 aromatic heterocycles. The Labute approximate surface area is 121 Å². The normalized spacial score (nSPS) is 23.6. The first-order chi connectivity index (χ1) is 9.38. The van der Waals surface area contributed by atoms with Crippen LogP contribution in [0.4, 0.5) is 18.9 Å². The predicted octanol–water partition coefficient (Wildman–Crippen LogP) is 4.73. The largest absolute Gasteiger partial charge is 0.416 e. The zero-order valence-corrected chi connectivity index (χ0v) is 11.9. The molecule has 20 heavy (non-hydrogen) atoms. The zero-order chi connectivity index (χ0) is 14.8. The van der Waals surface area contributed by atoms with Crippen LogP contribution < -0.4 is 5.32 Å². The van der Waals surface area contributed by atoms with Crippen molar-refractivity contribution in [1.82, 2.24) is 0 Å². The van der Waals surface area contributed by atoms with Crippen LogP contribution in [0.3, 0.4) is 0 Å². The molecule has 1 aromatic rings. The van der Waals surface area contributed by atoms with Crippen molar-refractivity contribution in [3.63, 3.8) is 0 Å². The monoisotopic (exact) mass is 307 g/mol. The van der Waals surface area contributed by atoms with Gasteiger partial charge in [0.25, 0.3) is 0 Å². The SMILES string of the molecule is CCC1CC(Nc2cc(Cl)cc(C(F)(F)F)c2)CCO1. The molecule has 1 aliphatic heterocycles. The van der Waals surface area contributed by atoms with Crippen molar-refractivity contribution >= 4 is 17.3 Å². The van der Waals surface area contributed by atoms with Gasteiger partial charge in [0.2, 0.25) is 0 Å². The molecule has 1 aliphatic rings. The van der Waals surface area contributed by atoms with E-state index in [-0.39, 0.29) is 17.2 Å². The molecular formula is C14H17ClF3NO. The van der Waals surface area contributed by atoms with Gasteiger partial charge in [-0.05, 0) is 37.5 Å². The van der Waals surface area contributed by atoms with Gasteiger partial charge in [-0.3, -0.25) is 0 Å². The topological polar surface area (TPSA) is 21.3 Å². The molecule has 2 rings (SSSR count). The maximum atomic E-state index is 12.7. The van der Waals surface area contributed by atoms with E-state index in [4.69, 9.17) is 16.3 Å². The maximum absolute atomic E-state index is 12.7. The molecule has 0 aliphatic carbocycles. The molecule has 1 N–H and O–H groups in total. The summed E-state index contributed by atoms with van der Waals surface area (Å²) < 4.78 is 43.8. The number of rotatable bonds is 3. The standard InChI is InChI=1S/C14H17ClF3NO/c1-2-13-8-11(3-4-20-13)19-12-6-9(14(16,17)18)5-10(15)7-12/h5-7,11,13,19H,2-4,8H2,1H3. The van der Waals surface area contributed by atoms with E-state index in [0.717, 1.165) is 31.4 Å². The lowest BCUT2D eigenvalue weighted by atomic mass is 10.0. The average molecular weight is 308 g/mol. The number of ether oxygens (including phenoxy) is 1. The molecule has 1 fully saturated rings. The fraction of sp³-hybridized carbons (Fsp3) is 0.571. The fourth-order valence-corrected chi connectivity index (χ4v) is 2.60. The van der Waals surface area contributed by atoms with Crippen molar-refractivity contribution in [2.75, 3.05) is 11.9 Å². The summed E-state index contributed by atoms with van der Waals surface area (Å²) in [5.41, 5.74) is -0.321. The van der Waals surface area contributed by atoms with Crippen molar-refractivity contribution in [2.45, 2.75) is 44.5 Å². The van der Waals surface area contributed by atoms with Gasteiger partial charge in [0.1, 0.15) is 0 Å². The summed E-state index contributed by atoms with van der Waals surface area (Å²) in [6.07, 6.45) is -1.73. The van der Waals surface area contributed by atoms with Crippen molar-refractivity contribution < 1.29 is 17.9 Å². The summed E-state index contributed by atoms with van der Waals surface area (Å²) >= 11 is 5.77. The Bertz CT molecular complexity index is 464. The summed E-state index contributed by atoms with van der Waals surface area (Å²) in [5.74, 6) is 0. The number of nitrogens with one attached hydrogen (secondary N) is 1. The van der Waals surface area contributed by atoms with Gasteiger partial charge in [-0.2, -0.15) is 13.2 Å². The Balaban J connectivity index is 2.11. The highest BCUT2D eigenvalue weighted by Crippen LogP contribution is 2.34. The zero-order valence-electron chi connectivity index (χ0n) is 11.1. The van der Waals surface area contributed by atoms with Crippen molar-refractivity contribution in [3.8, 4) is 0 Å². The Hall–Kier alpha value is -0.940. The molecule has 6 heteroatoms. The van der Waals surface area contributed by atoms with E-state index in [9.17, 15) is 13.2 Å². The van der Waals surface area contributed by atoms with E-state index in [1.54, 1.807) is 0 Å². The van der Waals surface area contributed by atoms with Crippen LogP contribution in [0.2, 0.25) is 5.02 Å². The van der Waals surface area contributed by atoms with Crippen LogP contribution in [0.5, 0.6) is 0 Å². The minimum absolute atomic E-state index is 0.0847. The summed E-state index contributed by atoms with van der Waals surface area (Å²) in [6.45, 7) is 2.66. The van der Waals surface area contributed by atoms with Gasteiger partial charge in [-0.15, -0.1) is 0 Å². The highest BCUT2D eigenvalue weighted by atomic mass is 35.5. The second kappa shape index (κ2) is 6.22. The summed E-state index contributed by atoms with van der Waals surface area (Å²) in [7, 11) is 0. The van der Waals surface area contributed by atoms with Crippen molar-refractivity contribution in [3.05, 3.63) is 28.8 Å². The highest BCUT2D eigenvalue weighted by Gasteiger charge is 2.31. The van der Waals surface area contributed by atoms with Gasteiger partial charge < -0.3 is 10.1 Å². The predicted molar refractivity (Wildman–Crippen MR) is 73.1 cm³/mol. The molecule has 0 radical (unpaired) electrons. The lowest BCUT2D eigenvalue weighted by Crippen LogP contribution is -2.33. The third kappa shape index (κ3) is 4.03. The van der Waals surface area contributed by atoms with Crippen LogP contribution in [0.25, 0.3) is 0 Å². The molecule has 2 atom stereocenters. The number of benzene rings is 1. The average Bonchev–Trinajstić information content (AvgIpc) is 2.37. The maximum Gasteiger partial charge on any atom is 0.416 e. The first-order valence-electron chi connectivity index (χ1n) is 6.64. The third-order valence-electron chi connectivity index (χ3n) is 3.42. The molecule has 0 saturated carbocycles. The second-order valence-electron chi connectivity index (χ2n) is 4.99. The van der Waals surface area contributed by atoms with Crippen molar-refractivity contribution in [2.24, 2.45) is 0 Å². The lowest BCUT2D eigenvalue weighted by Gasteiger charge is -2.30. The number of alkyl halides is 3. The van der Waals surface area contributed by atoms with Gasteiger partial charge >= 0.3 is 6.18 Å². The number of hydrogen-bond donors (Lipinski definition) is 1. The minimum Gasteiger partial charge on any atom is -0.382 e. The van der Waals surface area contributed by atoms with Crippen LogP contribution in [0, 0.1) is 0 Å². The number of anilines is 1. The highest BCUT2D eigenvalue weighted by molar-refractivity contribution is 6.30. The lowest BCUT2D eigenvalue weighted by molar-refractivity contribution is -0.137. The first-order valence-corrected chi connectivity index (χ1v) is 7.02. The van der Waals surface area contributed by atoms with E-state index in [2.05, 4.69) is 5.32 Å². The molecule has 1 aromatic carbocycles. The Morgan fingerprint density at radius 1 is 1.35 bits per heavy atom. The molecule has 0 bridgehead atoms. The smallest absolute Gasteiger partial charge is 0.382 e. The van der Waals surface area contributed by atoms with E-state index in [1.807, 2.05) is 6.92 Å². The molecular weight excluding hydrogens is 291 g/mol. The molecule has 0 spiro atoms. The summed E-state index contributed by atoms with van der Waals surface area (Å²) in [6, 6.07) is 3.68. The van der Waals surface area contributed by atoms with Crippen LogP contribution in [0.1, 0.15) is 31.7 Å². The Kier molecular flexibility index (Phi) is 4.81. The first kappa shape index (κ1) is 15.4. The number of hydrogen-bond acceptors (Lipinski definition) is 2. The van der Waals surface area contributed by atoms with Crippen LogP contribution >= 0.6 is 11.6 Å². The Morgan fingerprint density at radius 3 is 2.75 bits per heavy atom. The quantitative estimate of drug-likeness (QED) is 0.871. The van der Waals surface area contributed by atoms with E-state index in [1.165, 1.54) is 6.07 Å². The van der Waals surface area contributed by atoms with Gasteiger partial charge in [0, 0.05) is 23.4 Å². The van der Waals surface area contributed by atoms with E-state index < -0.39 is 11.7 Å². The fourth-order valence-electron chi connectivity index (χ4n) is 2.37. The minimum atomic E-state index is -4.39. The van der Waals surface area contributed by atoms with Crippen molar-refractivity contribution in [1.29, 1.82) is 0 Å². The van der Waals surface area contributed by atoms with E-state index >= 15 is 0 Å². The molecule has 1 saturated heterocycles. The van der Waals surface area contributed by atoms with Crippen LogP contribution in [-0.2, 0) is 10.9 Å². The second-order valence-corrected chi connectivity index (χ2v) is 5.43. The van der Waals surface area contributed by atoms with Gasteiger partial charge in [0.15, 0.2) is 0 Å². The van der Waals surface area contributed by atoms with Gasteiger partial charge in [-0.25, -0.2) is 0 Å². The number of halogens is 4. The van der Waals surface area contributed by atoms with Gasteiger partial charge in [-0.1, -0.05) is 18.5 Å². The molecule has 2 nitrogen and oxygen atoms in total. The summed E-state index contributed by atoms with van der Waals surface area (Å²) in [4.78, 5) is 0. The van der Waals surface area contributed by atoms with Crippen LogP contribution in [0.15, 0.2) is 18.2 Å². The molecule has 1 heterocycles. The van der Waals surface area contributed by atoms with Crippen LogP contribution in [-0.4, -0.2) is 18.8 Å².